The van der Waals surface area contributed by atoms with Crippen LogP contribution in [0.15, 0.2) is 36.5 Å². The summed E-state index contributed by atoms with van der Waals surface area (Å²) in [5, 5.41) is 1.25. The van der Waals surface area contributed by atoms with E-state index in [1.54, 1.807) is 0 Å². The molecule has 0 aliphatic carbocycles. The molecule has 0 aliphatic rings. The van der Waals surface area contributed by atoms with Crippen molar-refractivity contribution in [3.05, 3.63) is 41.5 Å². The summed E-state index contributed by atoms with van der Waals surface area (Å²) in [6, 6.07) is 10.4. The molecule has 78 valence electrons. The first-order valence-corrected chi connectivity index (χ1v) is 6.14. The maximum Gasteiger partial charge on any atom is 0.0959 e. The molecule has 0 spiro atoms. The van der Waals surface area contributed by atoms with Gasteiger partial charge in [0.2, 0.25) is 0 Å². The third-order valence-electron chi connectivity index (χ3n) is 2.62. The lowest BCUT2D eigenvalue weighted by molar-refractivity contribution is 0.727. The van der Waals surface area contributed by atoms with Gasteiger partial charge in [-0.2, -0.15) is 0 Å². The Morgan fingerprint density at radius 3 is 2.67 bits per heavy atom. The van der Waals surface area contributed by atoms with E-state index in [1.165, 1.54) is 15.4 Å². The Morgan fingerprint density at radius 2 is 2.00 bits per heavy atom. The third kappa shape index (κ3) is 2.26. The number of hydrogen-bond acceptors (Lipinski definition) is 2. The molecular weight excluding hydrogens is 202 g/mol. The minimum atomic E-state index is 0.576. The number of benzene rings is 1. The van der Waals surface area contributed by atoms with Crippen molar-refractivity contribution in [2.45, 2.75) is 26.2 Å². The SMILES string of the molecule is CCC(C)c1ncc(-c2ccccc2)s1. The standard InChI is InChI=1S/C13H15NS/c1-3-10(2)13-14-9-12(15-13)11-7-5-4-6-8-11/h4-10H,3H2,1-2H3. The Balaban J connectivity index is 2.28. The van der Waals surface area contributed by atoms with Crippen LogP contribution in [0.25, 0.3) is 10.4 Å². The molecule has 15 heavy (non-hydrogen) atoms. The van der Waals surface area contributed by atoms with Crippen LogP contribution < -0.4 is 0 Å². The van der Waals surface area contributed by atoms with Crippen molar-refractivity contribution in [1.29, 1.82) is 0 Å². The topological polar surface area (TPSA) is 12.9 Å². The van der Waals surface area contributed by atoms with Crippen molar-refractivity contribution in [3.8, 4) is 10.4 Å². The summed E-state index contributed by atoms with van der Waals surface area (Å²) in [4.78, 5) is 5.75. The molecule has 0 N–H and O–H groups in total. The molecule has 0 saturated carbocycles. The average molecular weight is 217 g/mol. The van der Waals surface area contributed by atoms with Crippen LogP contribution in [0.3, 0.4) is 0 Å². The van der Waals surface area contributed by atoms with Gasteiger partial charge in [0.05, 0.1) is 9.88 Å². The first-order chi connectivity index (χ1) is 7.31. The van der Waals surface area contributed by atoms with Gasteiger partial charge in [-0.15, -0.1) is 11.3 Å². The van der Waals surface area contributed by atoms with E-state index < -0.39 is 0 Å². The van der Waals surface area contributed by atoms with Crippen LogP contribution in [0.2, 0.25) is 0 Å². The summed E-state index contributed by atoms with van der Waals surface area (Å²) in [7, 11) is 0. The highest BCUT2D eigenvalue weighted by atomic mass is 32.1. The molecule has 0 saturated heterocycles. The molecule has 1 nitrogen and oxygen atoms in total. The van der Waals surface area contributed by atoms with E-state index in [2.05, 4.69) is 43.1 Å². The first kappa shape index (κ1) is 10.4. The fraction of sp³-hybridized carbons (Fsp3) is 0.308. The zero-order valence-electron chi connectivity index (χ0n) is 9.10. The zero-order valence-corrected chi connectivity index (χ0v) is 9.92. The number of rotatable bonds is 3. The van der Waals surface area contributed by atoms with Gasteiger partial charge in [0.1, 0.15) is 0 Å². The monoisotopic (exact) mass is 217 g/mol. The second-order valence-corrected chi connectivity index (χ2v) is 4.80. The lowest BCUT2D eigenvalue weighted by Gasteiger charge is -2.01. The number of nitrogens with zero attached hydrogens (tertiary/aromatic N) is 1. The second kappa shape index (κ2) is 4.58. The maximum absolute atomic E-state index is 4.48. The maximum atomic E-state index is 4.48. The minimum Gasteiger partial charge on any atom is -0.249 e. The summed E-state index contributed by atoms with van der Waals surface area (Å²) >= 11 is 1.81. The number of aromatic nitrogens is 1. The Hall–Kier alpha value is -1.15. The van der Waals surface area contributed by atoms with E-state index in [1.807, 2.05) is 23.6 Å². The van der Waals surface area contributed by atoms with Crippen LogP contribution in [0.1, 0.15) is 31.2 Å². The quantitative estimate of drug-likeness (QED) is 0.746. The van der Waals surface area contributed by atoms with Crippen LogP contribution in [-0.2, 0) is 0 Å². The minimum absolute atomic E-state index is 0.576. The van der Waals surface area contributed by atoms with E-state index in [9.17, 15) is 0 Å². The van der Waals surface area contributed by atoms with Crippen molar-refractivity contribution in [2.75, 3.05) is 0 Å². The van der Waals surface area contributed by atoms with Crippen molar-refractivity contribution < 1.29 is 0 Å². The molecule has 0 radical (unpaired) electrons. The van der Waals surface area contributed by atoms with Gasteiger partial charge in [0, 0.05) is 12.1 Å². The van der Waals surface area contributed by atoms with E-state index >= 15 is 0 Å². The van der Waals surface area contributed by atoms with Crippen LogP contribution in [0.5, 0.6) is 0 Å². The number of hydrogen-bond donors (Lipinski definition) is 0. The second-order valence-electron chi connectivity index (χ2n) is 3.74. The zero-order chi connectivity index (χ0) is 10.7. The Morgan fingerprint density at radius 1 is 1.27 bits per heavy atom. The fourth-order valence-corrected chi connectivity index (χ4v) is 2.48. The van der Waals surface area contributed by atoms with Crippen molar-refractivity contribution in [1.82, 2.24) is 4.98 Å². The highest BCUT2D eigenvalue weighted by Crippen LogP contribution is 2.30. The summed E-state index contributed by atoms with van der Waals surface area (Å²) < 4.78 is 0. The average Bonchev–Trinajstić information content (AvgIpc) is 2.78. The Bertz CT molecular complexity index is 419. The molecule has 1 atom stereocenters. The van der Waals surface area contributed by atoms with Gasteiger partial charge in [-0.25, -0.2) is 4.98 Å². The Labute approximate surface area is 94.8 Å². The van der Waals surface area contributed by atoms with Gasteiger partial charge in [0.15, 0.2) is 0 Å². The summed E-state index contributed by atoms with van der Waals surface area (Å²) in [6.45, 7) is 4.43. The molecule has 1 aromatic heterocycles. The van der Waals surface area contributed by atoms with Crippen LogP contribution in [0, 0.1) is 0 Å². The number of thiazole rings is 1. The van der Waals surface area contributed by atoms with Gasteiger partial charge < -0.3 is 0 Å². The lowest BCUT2D eigenvalue weighted by atomic mass is 10.1. The van der Waals surface area contributed by atoms with Crippen LogP contribution >= 0.6 is 11.3 Å². The summed E-state index contributed by atoms with van der Waals surface area (Å²) in [5.74, 6) is 0.576. The lowest BCUT2D eigenvalue weighted by Crippen LogP contribution is -1.87. The van der Waals surface area contributed by atoms with Crippen LogP contribution in [-0.4, -0.2) is 4.98 Å². The van der Waals surface area contributed by atoms with Gasteiger partial charge in [-0.1, -0.05) is 44.2 Å². The van der Waals surface area contributed by atoms with Crippen LogP contribution in [0.4, 0.5) is 0 Å². The highest BCUT2D eigenvalue weighted by molar-refractivity contribution is 7.15. The molecule has 0 amide bonds. The fourth-order valence-electron chi connectivity index (χ4n) is 1.43. The molecule has 1 aromatic carbocycles. The van der Waals surface area contributed by atoms with Crippen molar-refractivity contribution in [2.24, 2.45) is 0 Å². The molecular formula is C13H15NS. The molecule has 2 rings (SSSR count). The summed E-state index contributed by atoms with van der Waals surface area (Å²) in [6.07, 6.45) is 3.14. The molecule has 2 heteroatoms. The predicted molar refractivity (Wildman–Crippen MR) is 66.3 cm³/mol. The largest absolute Gasteiger partial charge is 0.249 e. The van der Waals surface area contributed by atoms with E-state index in [4.69, 9.17) is 0 Å². The molecule has 1 heterocycles. The van der Waals surface area contributed by atoms with E-state index in [0.717, 1.165) is 6.42 Å². The van der Waals surface area contributed by atoms with Gasteiger partial charge in [0.25, 0.3) is 0 Å². The first-order valence-electron chi connectivity index (χ1n) is 5.32. The smallest absolute Gasteiger partial charge is 0.0959 e. The van der Waals surface area contributed by atoms with Crippen molar-refractivity contribution in [3.63, 3.8) is 0 Å². The van der Waals surface area contributed by atoms with Gasteiger partial charge >= 0.3 is 0 Å². The highest BCUT2D eigenvalue weighted by Gasteiger charge is 2.08. The normalized spacial score (nSPS) is 12.7. The van der Waals surface area contributed by atoms with Gasteiger partial charge in [-0.05, 0) is 12.0 Å². The predicted octanol–water partition coefficient (Wildman–Crippen LogP) is 4.32. The molecule has 2 aromatic rings. The Kier molecular flexibility index (Phi) is 3.17. The van der Waals surface area contributed by atoms with Gasteiger partial charge in [-0.3, -0.25) is 0 Å². The molecule has 0 bridgehead atoms. The molecule has 0 fully saturated rings. The molecule has 0 aliphatic heterocycles. The van der Waals surface area contributed by atoms with Crippen molar-refractivity contribution >= 4 is 11.3 Å². The van der Waals surface area contributed by atoms with E-state index in [0.29, 0.717) is 5.92 Å². The van der Waals surface area contributed by atoms with E-state index in [-0.39, 0.29) is 0 Å². The third-order valence-corrected chi connectivity index (χ3v) is 3.89. The molecule has 1 unspecified atom stereocenters. The summed E-state index contributed by atoms with van der Waals surface area (Å²) in [5.41, 5.74) is 1.27.